The van der Waals surface area contributed by atoms with Crippen LogP contribution in [-0.4, -0.2) is 34.6 Å². The first kappa shape index (κ1) is 27.4. The summed E-state index contributed by atoms with van der Waals surface area (Å²) < 4.78 is 5.08. The summed E-state index contributed by atoms with van der Waals surface area (Å²) >= 11 is 4.95. The average molecular weight is 413 g/mol. The number of hydrogen-bond donors (Lipinski definition) is 2. The van der Waals surface area contributed by atoms with E-state index >= 15 is 0 Å². The maximum Gasteiger partial charge on any atom is 0.237 e. The molecule has 0 heterocycles. The van der Waals surface area contributed by atoms with Crippen LogP contribution in [0.4, 0.5) is 0 Å². The van der Waals surface area contributed by atoms with Crippen LogP contribution < -0.4 is 0 Å². The van der Waals surface area contributed by atoms with Gasteiger partial charge in [-0.15, -0.1) is 0 Å². The van der Waals surface area contributed by atoms with Crippen molar-refractivity contribution in [2.45, 2.75) is 122 Å². The van der Waals surface area contributed by atoms with Gasteiger partial charge >= 0.3 is 0 Å². The number of unbranched alkanes of at least 4 members (excludes halogenated alkanes) is 16. The molecule has 0 saturated heterocycles. The van der Waals surface area contributed by atoms with Crippen LogP contribution in [0.15, 0.2) is 0 Å². The molecule has 0 aliphatic heterocycles. The zero-order valence-electron chi connectivity index (χ0n) is 18.2. The van der Waals surface area contributed by atoms with Crippen LogP contribution in [0.2, 0.25) is 0 Å². The topological polar surface area (TPSA) is 49.7 Å². The van der Waals surface area contributed by atoms with Crippen molar-refractivity contribution in [1.82, 2.24) is 0 Å². The highest BCUT2D eigenvalue weighted by Crippen LogP contribution is 2.13. The third-order valence-corrected chi connectivity index (χ3v) is 5.18. The highest BCUT2D eigenvalue weighted by Gasteiger charge is 2.02. The minimum Gasteiger partial charge on any atom is -0.474 e. The van der Waals surface area contributed by atoms with Gasteiger partial charge < -0.3 is 14.9 Å². The molecule has 0 aromatic heterocycles. The molecule has 0 aliphatic carbocycles. The number of aliphatic hydroxyl groups is 2. The van der Waals surface area contributed by atoms with Gasteiger partial charge in [0.15, 0.2) is 0 Å². The van der Waals surface area contributed by atoms with Gasteiger partial charge in [-0.3, -0.25) is 0 Å². The Morgan fingerprint density at radius 3 is 1.64 bits per heavy atom. The van der Waals surface area contributed by atoms with Crippen molar-refractivity contribution in [2.24, 2.45) is 0 Å². The summed E-state index contributed by atoms with van der Waals surface area (Å²) in [6.45, 7) is 1.96. The van der Waals surface area contributed by atoms with Gasteiger partial charge in [-0.2, -0.15) is 0 Å². The van der Waals surface area contributed by atoms with Crippen molar-refractivity contribution in [1.29, 1.82) is 0 Å². The molecule has 4 heteroatoms. The third kappa shape index (κ3) is 21.7. The lowest BCUT2D eigenvalue weighted by atomic mass is 10.0. The summed E-state index contributed by atoms with van der Waals surface area (Å²) in [4.78, 5) is 0. The predicted octanol–water partition coefficient (Wildman–Crippen LogP) is 6.34. The Kier molecular flexibility index (Phi) is 22.1. The van der Waals surface area contributed by atoms with Gasteiger partial charge in [0, 0.05) is 6.42 Å². The Bertz CT molecular complexity index is 400. The Balaban J connectivity index is 3.22. The maximum absolute atomic E-state index is 9.15. The highest BCUT2D eigenvalue weighted by molar-refractivity contribution is 7.80. The molecule has 0 fully saturated rings. The predicted molar refractivity (Wildman–Crippen MR) is 124 cm³/mol. The molecule has 0 rings (SSSR count). The molecule has 164 valence electrons. The molecule has 3 nitrogen and oxygen atoms in total. The van der Waals surface area contributed by atoms with Crippen molar-refractivity contribution in [3.8, 4) is 11.8 Å². The Morgan fingerprint density at radius 2 is 1.21 bits per heavy atom. The van der Waals surface area contributed by atoms with Crippen molar-refractivity contribution < 1.29 is 14.9 Å². The van der Waals surface area contributed by atoms with Crippen LogP contribution in [0, 0.1) is 11.8 Å². The molecule has 0 radical (unpaired) electrons. The van der Waals surface area contributed by atoms with E-state index in [4.69, 9.17) is 27.2 Å². The Morgan fingerprint density at radius 1 is 0.786 bits per heavy atom. The lowest BCUT2D eigenvalue weighted by Gasteiger charge is -2.06. The normalized spacial score (nSPS) is 11.7. The summed E-state index contributed by atoms with van der Waals surface area (Å²) in [6, 6.07) is 0. The minimum absolute atomic E-state index is 0.00304. The average Bonchev–Trinajstić information content (AvgIpc) is 2.71. The van der Waals surface area contributed by atoms with Crippen molar-refractivity contribution in [2.75, 3.05) is 13.2 Å². The molecule has 28 heavy (non-hydrogen) atoms. The number of ether oxygens (including phenoxy) is 1. The molecule has 1 unspecified atom stereocenters. The second kappa shape index (κ2) is 22.7. The second-order valence-electron chi connectivity index (χ2n) is 7.79. The first-order chi connectivity index (χ1) is 13.7. The van der Waals surface area contributed by atoms with Crippen LogP contribution in [0.3, 0.4) is 0 Å². The number of aliphatic hydroxyl groups excluding tert-OH is 2. The Labute approximate surface area is 179 Å². The lowest BCUT2D eigenvalue weighted by Crippen LogP contribution is -2.20. The van der Waals surface area contributed by atoms with Crippen molar-refractivity contribution in [3.63, 3.8) is 0 Å². The van der Waals surface area contributed by atoms with Gasteiger partial charge in [0.1, 0.15) is 12.7 Å². The highest BCUT2D eigenvalue weighted by atomic mass is 32.1. The van der Waals surface area contributed by atoms with Gasteiger partial charge in [0.2, 0.25) is 5.05 Å². The number of hydrogen-bond acceptors (Lipinski definition) is 4. The molecule has 0 amide bonds. The van der Waals surface area contributed by atoms with Crippen molar-refractivity contribution in [3.05, 3.63) is 0 Å². The van der Waals surface area contributed by atoms with E-state index in [0.717, 1.165) is 12.8 Å². The number of rotatable bonds is 19. The third-order valence-electron chi connectivity index (χ3n) is 4.96. The van der Waals surface area contributed by atoms with Gasteiger partial charge in [0.25, 0.3) is 0 Å². The standard InChI is InChI=1S/C24H44O3S/c1-2-3-4-5-6-7-8-9-10-11-12-13-14-15-16-17-18-19-20-24(28)27-22-23(26)21-25/h23,25-26H,2-18,21-22H2,1H3. The van der Waals surface area contributed by atoms with Gasteiger partial charge in [-0.1, -0.05) is 109 Å². The fourth-order valence-electron chi connectivity index (χ4n) is 3.16. The van der Waals surface area contributed by atoms with Crippen LogP contribution in [0.25, 0.3) is 0 Å². The van der Waals surface area contributed by atoms with Crippen molar-refractivity contribution >= 4 is 17.3 Å². The summed E-state index contributed by atoms with van der Waals surface area (Å²) in [7, 11) is 0. The van der Waals surface area contributed by atoms with E-state index in [9.17, 15) is 0 Å². The largest absolute Gasteiger partial charge is 0.474 e. The second-order valence-corrected chi connectivity index (χ2v) is 8.16. The lowest BCUT2D eigenvalue weighted by molar-refractivity contribution is 0.0515. The first-order valence-electron chi connectivity index (χ1n) is 11.6. The van der Waals surface area contributed by atoms with Gasteiger partial charge in [0.05, 0.1) is 6.61 Å². The van der Waals surface area contributed by atoms with E-state index in [1.807, 2.05) is 0 Å². The molecule has 2 N–H and O–H groups in total. The monoisotopic (exact) mass is 412 g/mol. The van der Waals surface area contributed by atoms with E-state index in [1.165, 1.54) is 96.3 Å². The van der Waals surface area contributed by atoms with E-state index < -0.39 is 6.10 Å². The first-order valence-corrected chi connectivity index (χ1v) is 12.1. The molecule has 0 bridgehead atoms. The molecule has 0 aromatic carbocycles. The van der Waals surface area contributed by atoms with Gasteiger partial charge in [-0.05, 0) is 24.6 Å². The molecule has 0 saturated carbocycles. The zero-order chi connectivity index (χ0) is 20.7. The van der Waals surface area contributed by atoms with Crippen LogP contribution >= 0.6 is 12.2 Å². The molecule has 0 aliphatic rings. The molecule has 1 atom stereocenters. The summed E-state index contributed by atoms with van der Waals surface area (Å²) in [5.74, 6) is 5.80. The fraction of sp³-hybridized carbons (Fsp3) is 0.875. The fourth-order valence-corrected chi connectivity index (χ4v) is 3.30. The number of thiocarbonyl (C=S) groups is 1. The van der Waals surface area contributed by atoms with E-state index in [-0.39, 0.29) is 18.3 Å². The summed E-state index contributed by atoms with van der Waals surface area (Å²) in [5.41, 5.74) is 0. The molecule has 0 aromatic rings. The van der Waals surface area contributed by atoms with Crippen LogP contribution in [-0.2, 0) is 4.74 Å². The minimum atomic E-state index is -0.889. The van der Waals surface area contributed by atoms with E-state index in [2.05, 4.69) is 18.8 Å². The molecular weight excluding hydrogens is 368 g/mol. The summed E-state index contributed by atoms with van der Waals surface area (Å²) in [5, 5.41) is 18.0. The van der Waals surface area contributed by atoms with Gasteiger partial charge in [-0.25, -0.2) is 0 Å². The maximum atomic E-state index is 9.15. The van der Waals surface area contributed by atoms with E-state index in [0.29, 0.717) is 0 Å². The molecular formula is C24H44O3S. The van der Waals surface area contributed by atoms with Crippen LogP contribution in [0.5, 0.6) is 0 Å². The quantitative estimate of drug-likeness (QED) is 0.148. The van der Waals surface area contributed by atoms with Crippen LogP contribution in [0.1, 0.15) is 116 Å². The zero-order valence-corrected chi connectivity index (χ0v) is 19.0. The SMILES string of the molecule is CCCCCCCCCCCCCCCCCCC#CC(=S)OCC(O)CO. The molecule has 0 spiro atoms. The summed E-state index contributed by atoms with van der Waals surface area (Å²) in [6.07, 6.45) is 21.9. The Hall–Kier alpha value is -0.630. The smallest absolute Gasteiger partial charge is 0.237 e. The van der Waals surface area contributed by atoms with E-state index in [1.54, 1.807) is 0 Å².